The number of Topliss-reactive ketones (excluding diaryl/α,β-unsaturated/α-hetero) is 1. The summed E-state index contributed by atoms with van der Waals surface area (Å²) in [4.78, 5) is 27.0. The van der Waals surface area contributed by atoms with Crippen molar-refractivity contribution in [1.29, 1.82) is 0 Å². The minimum Gasteiger partial charge on any atom is -0.376 e. The smallest absolute Gasteiger partial charge is 0.295 e. The van der Waals surface area contributed by atoms with Gasteiger partial charge in [-0.25, -0.2) is 0 Å². The average molecular weight is 345 g/mol. The molecule has 1 saturated heterocycles. The number of amides is 1. The van der Waals surface area contributed by atoms with Crippen LogP contribution in [0.25, 0.3) is 0 Å². The molecule has 1 amide bonds. The van der Waals surface area contributed by atoms with Gasteiger partial charge in [0.25, 0.3) is 5.91 Å². The molecule has 4 nitrogen and oxygen atoms in total. The lowest BCUT2D eigenvalue weighted by Crippen LogP contribution is -2.43. The van der Waals surface area contributed by atoms with Crippen molar-refractivity contribution in [3.63, 3.8) is 0 Å². The fourth-order valence-corrected chi connectivity index (χ4v) is 3.13. The van der Waals surface area contributed by atoms with Crippen molar-refractivity contribution in [1.82, 2.24) is 4.90 Å². The Kier molecular flexibility index (Phi) is 6.77. The van der Waals surface area contributed by atoms with Crippen molar-refractivity contribution < 1.29 is 14.3 Å². The first-order valence-electron chi connectivity index (χ1n) is 9.38. The number of ketones is 1. The lowest BCUT2D eigenvalue weighted by molar-refractivity contribution is -0.129. The topological polar surface area (TPSA) is 46.6 Å². The van der Waals surface area contributed by atoms with Crippen molar-refractivity contribution >= 4 is 11.7 Å². The summed E-state index contributed by atoms with van der Waals surface area (Å²) in [5.41, 5.74) is 1.64. The predicted molar refractivity (Wildman–Crippen MR) is 99.9 cm³/mol. The molecule has 1 aliphatic heterocycles. The molecule has 1 aromatic rings. The molecule has 1 unspecified atom stereocenters. The summed E-state index contributed by atoms with van der Waals surface area (Å²) in [6.07, 6.45) is 4.05. The van der Waals surface area contributed by atoms with E-state index in [-0.39, 0.29) is 11.5 Å². The molecule has 0 bridgehead atoms. The van der Waals surface area contributed by atoms with Gasteiger partial charge in [-0.2, -0.15) is 0 Å². The highest BCUT2D eigenvalue weighted by molar-refractivity contribution is 6.42. The molecule has 25 heavy (non-hydrogen) atoms. The third kappa shape index (κ3) is 5.40. The van der Waals surface area contributed by atoms with Crippen molar-refractivity contribution in [2.24, 2.45) is 0 Å². The SMILES string of the molecule is CCCN(CC1CCCCO1)C(=O)C(=O)c1ccc(C(C)(C)C)cc1. The van der Waals surface area contributed by atoms with Gasteiger partial charge in [0.1, 0.15) is 0 Å². The number of ether oxygens (including phenoxy) is 1. The highest BCUT2D eigenvalue weighted by atomic mass is 16.5. The van der Waals surface area contributed by atoms with Crippen LogP contribution < -0.4 is 0 Å². The van der Waals surface area contributed by atoms with Gasteiger partial charge in [0.05, 0.1) is 6.10 Å². The third-order valence-corrected chi connectivity index (χ3v) is 4.69. The largest absolute Gasteiger partial charge is 0.376 e. The first-order chi connectivity index (χ1) is 11.8. The normalized spacial score (nSPS) is 18.0. The van der Waals surface area contributed by atoms with Crippen LogP contribution in [0.3, 0.4) is 0 Å². The summed E-state index contributed by atoms with van der Waals surface area (Å²) >= 11 is 0. The van der Waals surface area contributed by atoms with Gasteiger partial charge in [0.15, 0.2) is 0 Å². The quantitative estimate of drug-likeness (QED) is 0.579. The summed E-state index contributed by atoms with van der Waals surface area (Å²) in [6, 6.07) is 7.41. The highest BCUT2D eigenvalue weighted by Crippen LogP contribution is 2.22. The van der Waals surface area contributed by atoms with Gasteiger partial charge >= 0.3 is 0 Å². The summed E-state index contributed by atoms with van der Waals surface area (Å²) in [6.45, 7) is 10.3. The third-order valence-electron chi connectivity index (χ3n) is 4.69. The van der Waals surface area contributed by atoms with Gasteiger partial charge in [-0.05, 0) is 36.7 Å². The van der Waals surface area contributed by atoms with Crippen LogP contribution in [0.15, 0.2) is 24.3 Å². The molecule has 138 valence electrons. The van der Waals surface area contributed by atoms with Crippen molar-refractivity contribution in [3.8, 4) is 0 Å². The molecule has 4 heteroatoms. The van der Waals surface area contributed by atoms with Gasteiger partial charge in [-0.3, -0.25) is 9.59 Å². The fourth-order valence-electron chi connectivity index (χ4n) is 3.13. The summed E-state index contributed by atoms with van der Waals surface area (Å²) in [5, 5.41) is 0. The minimum atomic E-state index is -0.426. The van der Waals surface area contributed by atoms with Gasteiger partial charge in [0, 0.05) is 25.3 Å². The minimum absolute atomic E-state index is 0.0259. The highest BCUT2D eigenvalue weighted by Gasteiger charge is 2.26. The Hall–Kier alpha value is -1.68. The van der Waals surface area contributed by atoms with E-state index in [1.807, 2.05) is 19.1 Å². The van der Waals surface area contributed by atoms with E-state index in [2.05, 4.69) is 20.8 Å². The molecule has 0 radical (unpaired) electrons. The van der Waals surface area contributed by atoms with E-state index in [4.69, 9.17) is 4.74 Å². The lowest BCUT2D eigenvalue weighted by atomic mass is 9.86. The molecule has 2 rings (SSSR count). The number of benzene rings is 1. The second-order valence-corrected chi connectivity index (χ2v) is 7.90. The van der Waals surface area contributed by atoms with Crippen LogP contribution >= 0.6 is 0 Å². The first kappa shape index (κ1) is 19.6. The van der Waals surface area contributed by atoms with E-state index >= 15 is 0 Å². The van der Waals surface area contributed by atoms with E-state index in [0.29, 0.717) is 18.7 Å². The van der Waals surface area contributed by atoms with E-state index in [0.717, 1.165) is 37.9 Å². The van der Waals surface area contributed by atoms with Crippen LogP contribution in [0.2, 0.25) is 0 Å². The van der Waals surface area contributed by atoms with Crippen LogP contribution in [-0.4, -0.2) is 42.4 Å². The molecule has 0 saturated carbocycles. The maximum atomic E-state index is 12.7. The fraction of sp³-hybridized carbons (Fsp3) is 0.619. The number of nitrogens with zero attached hydrogens (tertiary/aromatic N) is 1. The van der Waals surface area contributed by atoms with Gasteiger partial charge in [0.2, 0.25) is 5.78 Å². The number of carbonyl (C=O) groups excluding carboxylic acids is 2. The molecule has 1 aromatic carbocycles. The predicted octanol–water partition coefficient (Wildman–Crippen LogP) is 3.97. The van der Waals surface area contributed by atoms with Crippen LogP contribution in [0.5, 0.6) is 0 Å². The number of rotatable bonds is 6. The van der Waals surface area contributed by atoms with Crippen molar-refractivity contribution in [2.75, 3.05) is 19.7 Å². The maximum Gasteiger partial charge on any atom is 0.295 e. The molecule has 1 aliphatic rings. The monoisotopic (exact) mass is 345 g/mol. The summed E-state index contributed by atoms with van der Waals surface area (Å²) in [5.74, 6) is -0.843. The molecular formula is C21H31NO3. The number of carbonyl (C=O) groups is 2. The second-order valence-electron chi connectivity index (χ2n) is 7.90. The van der Waals surface area contributed by atoms with Crippen LogP contribution in [0, 0.1) is 0 Å². The first-order valence-corrected chi connectivity index (χ1v) is 9.38. The molecule has 1 heterocycles. The van der Waals surface area contributed by atoms with E-state index in [9.17, 15) is 9.59 Å². The van der Waals surface area contributed by atoms with Gasteiger partial charge < -0.3 is 9.64 Å². The Morgan fingerprint density at radius 3 is 2.36 bits per heavy atom. The van der Waals surface area contributed by atoms with E-state index in [1.54, 1.807) is 17.0 Å². The Balaban J connectivity index is 2.07. The van der Waals surface area contributed by atoms with E-state index in [1.165, 1.54) is 0 Å². The Morgan fingerprint density at radius 2 is 1.84 bits per heavy atom. The molecule has 0 spiro atoms. The molecule has 0 N–H and O–H groups in total. The summed E-state index contributed by atoms with van der Waals surface area (Å²) < 4.78 is 5.74. The van der Waals surface area contributed by atoms with Crippen LogP contribution in [0.1, 0.15) is 69.3 Å². The maximum absolute atomic E-state index is 12.7. The molecule has 0 aliphatic carbocycles. The summed E-state index contributed by atoms with van der Waals surface area (Å²) in [7, 11) is 0. The standard InChI is InChI=1S/C21H31NO3/c1-5-13-22(15-18-8-6-7-14-25-18)20(24)19(23)16-9-11-17(12-10-16)21(2,3)4/h9-12,18H,5-8,13-15H2,1-4H3. The van der Waals surface area contributed by atoms with Crippen LogP contribution in [-0.2, 0) is 14.9 Å². The Bertz CT molecular complexity index is 580. The van der Waals surface area contributed by atoms with E-state index < -0.39 is 11.7 Å². The van der Waals surface area contributed by atoms with Gasteiger partial charge in [-0.1, -0.05) is 52.0 Å². The van der Waals surface area contributed by atoms with Crippen molar-refractivity contribution in [3.05, 3.63) is 35.4 Å². The number of hydrogen-bond donors (Lipinski definition) is 0. The van der Waals surface area contributed by atoms with Gasteiger partial charge in [-0.15, -0.1) is 0 Å². The zero-order valence-corrected chi connectivity index (χ0v) is 16.0. The molecule has 0 aromatic heterocycles. The number of hydrogen-bond acceptors (Lipinski definition) is 3. The molecule has 1 fully saturated rings. The zero-order chi connectivity index (χ0) is 18.4. The second kappa shape index (κ2) is 8.61. The Morgan fingerprint density at radius 1 is 1.16 bits per heavy atom. The van der Waals surface area contributed by atoms with Crippen molar-refractivity contribution in [2.45, 2.75) is 64.9 Å². The zero-order valence-electron chi connectivity index (χ0n) is 16.0. The lowest BCUT2D eigenvalue weighted by Gasteiger charge is -2.29. The van der Waals surface area contributed by atoms with Crippen LogP contribution in [0.4, 0.5) is 0 Å². The molecule has 1 atom stereocenters. The Labute approximate surface area is 151 Å². The average Bonchev–Trinajstić information content (AvgIpc) is 2.60. The molecular weight excluding hydrogens is 314 g/mol.